The molecule has 0 aliphatic carbocycles. The van der Waals surface area contributed by atoms with Gasteiger partial charge in [0.25, 0.3) is 0 Å². The predicted molar refractivity (Wildman–Crippen MR) is 353 cm³/mol. The minimum absolute atomic E-state index is 0.144. The van der Waals surface area contributed by atoms with Crippen LogP contribution in [0.15, 0.2) is 109 Å². The third-order valence-electron chi connectivity index (χ3n) is 14.1. The molecule has 3 unspecified atom stereocenters. The van der Waals surface area contributed by atoms with Crippen molar-refractivity contribution < 1.29 is 52.2 Å². The van der Waals surface area contributed by atoms with Gasteiger partial charge in [-0.15, -0.1) is 0 Å². The Hall–Kier alpha value is -3.86. The zero-order chi connectivity index (χ0) is 61.2. The molecule has 0 aromatic rings. The monoisotopic (exact) mass is 1190 g/mol. The molecule has 12 heteroatoms. The molecule has 0 saturated carbocycles. The van der Waals surface area contributed by atoms with E-state index >= 15 is 0 Å². The highest BCUT2D eigenvalue weighted by Crippen LogP contribution is 2.43. The lowest BCUT2D eigenvalue weighted by molar-refractivity contribution is -0.161. The van der Waals surface area contributed by atoms with Crippen LogP contribution >= 0.6 is 7.82 Å². The molecular weight excluding hydrogens is 1070 g/mol. The molecule has 0 aliphatic rings. The van der Waals surface area contributed by atoms with Gasteiger partial charge in [-0.2, -0.15) is 0 Å². The first-order chi connectivity index (χ1) is 41.2. The van der Waals surface area contributed by atoms with Crippen molar-refractivity contribution in [3.05, 3.63) is 109 Å². The van der Waals surface area contributed by atoms with Gasteiger partial charge >= 0.3 is 25.7 Å². The Bertz CT molecular complexity index is 1830. The van der Waals surface area contributed by atoms with Gasteiger partial charge in [0.05, 0.1) is 19.8 Å². The second-order valence-corrected chi connectivity index (χ2v) is 23.7. The van der Waals surface area contributed by atoms with Gasteiger partial charge in [0.2, 0.25) is 0 Å². The summed E-state index contributed by atoms with van der Waals surface area (Å²) >= 11 is 0. The van der Waals surface area contributed by atoms with Gasteiger partial charge in [-0.25, -0.2) is 4.57 Å². The molecule has 0 bridgehead atoms. The summed E-state index contributed by atoms with van der Waals surface area (Å²) in [6.45, 7) is 4.48. The van der Waals surface area contributed by atoms with Crippen LogP contribution in [0.25, 0.3) is 0 Å². The van der Waals surface area contributed by atoms with E-state index in [0.29, 0.717) is 19.3 Å². The minimum Gasteiger partial charge on any atom is -0.462 e. The first-order valence-corrected chi connectivity index (χ1v) is 35.3. The molecule has 482 valence electrons. The maximum Gasteiger partial charge on any atom is 0.472 e. The van der Waals surface area contributed by atoms with Crippen LogP contribution in [0.2, 0.25) is 0 Å². The van der Waals surface area contributed by atoms with E-state index in [1.165, 1.54) is 83.5 Å². The lowest BCUT2D eigenvalue weighted by Gasteiger charge is -2.21. The van der Waals surface area contributed by atoms with Gasteiger partial charge < -0.3 is 24.2 Å². The number of unbranched alkanes of at least 4 members (excludes halogenated alkanes) is 27. The van der Waals surface area contributed by atoms with Crippen LogP contribution in [0, 0.1) is 0 Å². The summed E-state index contributed by atoms with van der Waals surface area (Å²) in [6, 6.07) is 0. The lowest BCUT2D eigenvalue weighted by atomic mass is 10.1. The minimum atomic E-state index is -4.77. The van der Waals surface area contributed by atoms with Crippen molar-refractivity contribution >= 4 is 25.7 Å². The molecule has 0 radical (unpaired) electrons. The second kappa shape index (κ2) is 65.1. The number of esters is 3. The molecule has 0 rings (SSSR count). The molecule has 0 aliphatic heterocycles. The van der Waals surface area contributed by atoms with E-state index < -0.39 is 57.8 Å². The molecule has 0 heterocycles. The van der Waals surface area contributed by atoms with Crippen molar-refractivity contribution in [1.82, 2.24) is 0 Å². The van der Waals surface area contributed by atoms with Crippen molar-refractivity contribution in [3.8, 4) is 0 Å². The van der Waals surface area contributed by atoms with E-state index in [0.717, 1.165) is 148 Å². The summed E-state index contributed by atoms with van der Waals surface area (Å²) in [7, 11) is -4.77. The molecular formula is C72H123O11P. The fourth-order valence-electron chi connectivity index (χ4n) is 9.03. The summed E-state index contributed by atoms with van der Waals surface area (Å²) in [5.41, 5.74) is 0. The zero-order valence-electron chi connectivity index (χ0n) is 53.6. The van der Waals surface area contributed by atoms with Gasteiger partial charge in [-0.3, -0.25) is 23.4 Å². The van der Waals surface area contributed by atoms with Gasteiger partial charge in [-0.05, 0) is 128 Å². The van der Waals surface area contributed by atoms with Crippen LogP contribution in [0.3, 0.4) is 0 Å². The number of hydrogen-bond donors (Lipinski definition) is 2. The van der Waals surface area contributed by atoms with Crippen LogP contribution in [-0.2, 0) is 42.2 Å². The Labute approximate surface area is 514 Å². The first kappa shape index (κ1) is 80.1. The Morgan fingerprint density at radius 3 is 0.952 bits per heavy atom. The standard InChI is InChI=1S/C72H123O11P/c1-4-7-10-13-16-19-22-25-28-31-34-37-40-43-46-49-52-55-58-61-70(74)79-65-69(83-72(76)63-60-57-54-51-48-45-42-39-36-33-30-27-24-21-18-15-12-9-6-3)67-81-84(77,78)80-66-68(64-73)82-71(75)62-59-56-53-50-47-44-41-38-35-32-29-26-23-20-17-14-11-8-5-2/h9,12,16-21,25-30,34,36-37,39,68-69,73H,4-8,10-11,13-15,22-24,31-33,35,38,40-67H2,1-3H3,(H,77,78)/b12-9-,19-16-,20-17-,21-18-,28-25-,29-26-,30-27-,37-34-,39-36-. The summed E-state index contributed by atoms with van der Waals surface area (Å²) in [5, 5.41) is 9.88. The summed E-state index contributed by atoms with van der Waals surface area (Å²) < 4.78 is 39.8. The molecule has 0 amide bonds. The number of aliphatic hydroxyl groups is 1. The van der Waals surface area contributed by atoms with Gasteiger partial charge in [-0.1, -0.05) is 252 Å². The van der Waals surface area contributed by atoms with E-state index in [4.69, 9.17) is 23.3 Å². The molecule has 0 aromatic heterocycles. The Morgan fingerprint density at radius 1 is 0.345 bits per heavy atom. The molecule has 11 nitrogen and oxygen atoms in total. The summed E-state index contributed by atoms with van der Waals surface area (Å²) in [6.07, 6.45) is 80.2. The van der Waals surface area contributed by atoms with Crippen LogP contribution in [0.4, 0.5) is 0 Å². The Morgan fingerprint density at radius 2 is 0.619 bits per heavy atom. The highest BCUT2D eigenvalue weighted by Gasteiger charge is 2.28. The average molecular weight is 1200 g/mol. The highest BCUT2D eigenvalue weighted by molar-refractivity contribution is 7.47. The number of carbonyl (C=O) groups excluding carboxylic acids is 3. The second-order valence-electron chi connectivity index (χ2n) is 22.2. The predicted octanol–water partition coefficient (Wildman–Crippen LogP) is 20.9. The number of phosphoric ester groups is 1. The number of rotatable bonds is 62. The summed E-state index contributed by atoms with van der Waals surface area (Å²) in [5.74, 6) is -1.50. The third kappa shape index (κ3) is 62.7. The van der Waals surface area contributed by atoms with Crippen molar-refractivity contribution in [1.29, 1.82) is 0 Å². The zero-order valence-corrected chi connectivity index (χ0v) is 54.5. The first-order valence-electron chi connectivity index (χ1n) is 33.8. The normalized spacial score (nSPS) is 13.9. The molecule has 3 atom stereocenters. The smallest absolute Gasteiger partial charge is 0.462 e. The van der Waals surface area contributed by atoms with E-state index in [1.807, 2.05) is 0 Å². The SMILES string of the molecule is CC/C=C\C/C=C\C/C=C\C/C=C\CCCCCCCCC(=O)OC(COC(=O)CCCCCCCC/C=C\C/C=C\C/C=C\CCCCC)COP(=O)(O)OCC(CO)OC(=O)CCCCCCCCCCC/C=C\C/C=C\CCCCC. The molecule has 0 aromatic carbocycles. The Kier molecular flexibility index (Phi) is 62.1. The van der Waals surface area contributed by atoms with Crippen LogP contribution < -0.4 is 0 Å². The third-order valence-corrected chi connectivity index (χ3v) is 15.1. The number of aliphatic hydroxyl groups excluding tert-OH is 1. The topological polar surface area (TPSA) is 155 Å². The fraction of sp³-hybridized carbons (Fsp3) is 0.708. The number of phosphoric acid groups is 1. The van der Waals surface area contributed by atoms with Gasteiger partial charge in [0, 0.05) is 19.3 Å². The van der Waals surface area contributed by atoms with Gasteiger partial charge in [0.15, 0.2) is 6.10 Å². The van der Waals surface area contributed by atoms with Crippen LogP contribution in [-0.4, -0.2) is 66.5 Å². The molecule has 0 saturated heterocycles. The van der Waals surface area contributed by atoms with E-state index in [2.05, 4.69) is 130 Å². The summed E-state index contributed by atoms with van der Waals surface area (Å²) in [4.78, 5) is 48.9. The van der Waals surface area contributed by atoms with Crippen LogP contribution in [0.1, 0.15) is 290 Å². The maximum atomic E-state index is 13.0. The molecule has 2 N–H and O–H groups in total. The molecule has 0 spiro atoms. The average Bonchev–Trinajstić information content (AvgIpc) is 3.53. The number of carbonyl (C=O) groups is 3. The van der Waals surface area contributed by atoms with E-state index in [-0.39, 0.29) is 25.9 Å². The van der Waals surface area contributed by atoms with Crippen molar-refractivity contribution in [2.24, 2.45) is 0 Å². The maximum absolute atomic E-state index is 13.0. The highest BCUT2D eigenvalue weighted by atomic mass is 31.2. The molecule has 0 fully saturated rings. The molecule has 84 heavy (non-hydrogen) atoms. The Balaban J connectivity index is 4.74. The van der Waals surface area contributed by atoms with Crippen LogP contribution in [0.5, 0.6) is 0 Å². The largest absolute Gasteiger partial charge is 0.472 e. The fourth-order valence-corrected chi connectivity index (χ4v) is 9.82. The van der Waals surface area contributed by atoms with Crippen molar-refractivity contribution in [2.45, 2.75) is 303 Å². The van der Waals surface area contributed by atoms with E-state index in [9.17, 15) is 28.9 Å². The quantitative estimate of drug-likeness (QED) is 0.0197. The number of ether oxygens (including phenoxy) is 3. The lowest BCUT2D eigenvalue weighted by Crippen LogP contribution is -2.30. The van der Waals surface area contributed by atoms with Gasteiger partial charge in [0.1, 0.15) is 12.7 Å². The van der Waals surface area contributed by atoms with Crippen molar-refractivity contribution in [3.63, 3.8) is 0 Å². The van der Waals surface area contributed by atoms with Crippen molar-refractivity contribution in [2.75, 3.05) is 26.4 Å². The number of allylic oxidation sites excluding steroid dienone is 18. The van der Waals surface area contributed by atoms with E-state index in [1.54, 1.807) is 0 Å². The number of hydrogen-bond acceptors (Lipinski definition) is 10.